The van der Waals surface area contributed by atoms with E-state index >= 15 is 0 Å². The standard InChI is InChI=1S/C9H10OS/c10-5-7-6-11-9-4-2-1-3-8(7)9/h1-4,7,10H,5-6H2/t7-/m1/s1. The van der Waals surface area contributed by atoms with Crippen molar-refractivity contribution in [2.24, 2.45) is 0 Å². The average molecular weight is 166 g/mol. The highest BCUT2D eigenvalue weighted by Gasteiger charge is 2.20. The van der Waals surface area contributed by atoms with E-state index in [1.165, 1.54) is 10.5 Å². The smallest absolute Gasteiger partial charge is 0.0508 e. The van der Waals surface area contributed by atoms with Crippen LogP contribution in [-0.2, 0) is 0 Å². The number of thioether (sulfide) groups is 1. The second-order valence-corrected chi connectivity index (χ2v) is 3.79. The Morgan fingerprint density at radius 1 is 1.45 bits per heavy atom. The Hall–Kier alpha value is -0.470. The molecule has 1 N–H and O–H groups in total. The number of benzene rings is 1. The molecule has 0 saturated heterocycles. The van der Waals surface area contributed by atoms with Crippen molar-refractivity contribution in [3.05, 3.63) is 29.8 Å². The van der Waals surface area contributed by atoms with Gasteiger partial charge in [0, 0.05) is 16.6 Å². The van der Waals surface area contributed by atoms with Crippen molar-refractivity contribution in [1.29, 1.82) is 0 Å². The fraction of sp³-hybridized carbons (Fsp3) is 0.333. The van der Waals surface area contributed by atoms with Gasteiger partial charge in [-0.15, -0.1) is 11.8 Å². The number of hydrogen-bond donors (Lipinski definition) is 1. The Balaban J connectivity index is 2.39. The Labute approximate surface area is 70.4 Å². The molecule has 58 valence electrons. The van der Waals surface area contributed by atoms with Crippen molar-refractivity contribution in [3.63, 3.8) is 0 Å². The van der Waals surface area contributed by atoms with Crippen LogP contribution in [-0.4, -0.2) is 17.5 Å². The predicted octanol–water partition coefficient (Wildman–Crippen LogP) is 1.87. The van der Waals surface area contributed by atoms with Gasteiger partial charge in [-0.1, -0.05) is 18.2 Å². The largest absolute Gasteiger partial charge is 0.396 e. The summed E-state index contributed by atoms with van der Waals surface area (Å²) in [6.45, 7) is 0.282. The van der Waals surface area contributed by atoms with E-state index in [0.717, 1.165) is 5.75 Å². The van der Waals surface area contributed by atoms with Crippen LogP contribution < -0.4 is 0 Å². The van der Waals surface area contributed by atoms with Crippen molar-refractivity contribution in [3.8, 4) is 0 Å². The maximum atomic E-state index is 9.00. The lowest BCUT2D eigenvalue weighted by molar-refractivity contribution is 0.275. The zero-order valence-electron chi connectivity index (χ0n) is 6.16. The molecule has 1 heterocycles. The molecule has 1 aromatic carbocycles. The molecule has 1 aliphatic rings. The fourth-order valence-corrected chi connectivity index (χ4v) is 2.62. The Morgan fingerprint density at radius 2 is 2.27 bits per heavy atom. The summed E-state index contributed by atoms with van der Waals surface area (Å²) in [6.07, 6.45) is 0. The molecule has 0 radical (unpaired) electrons. The van der Waals surface area contributed by atoms with Gasteiger partial charge in [-0.2, -0.15) is 0 Å². The van der Waals surface area contributed by atoms with E-state index < -0.39 is 0 Å². The van der Waals surface area contributed by atoms with Gasteiger partial charge in [-0.3, -0.25) is 0 Å². The molecule has 0 saturated carbocycles. The second-order valence-electron chi connectivity index (χ2n) is 2.73. The number of aliphatic hydroxyl groups is 1. The molecule has 0 aliphatic carbocycles. The minimum atomic E-state index is 0.282. The molecule has 1 atom stereocenters. The van der Waals surface area contributed by atoms with Gasteiger partial charge >= 0.3 is 0 Å². The molecule has 0 aromatic heterocycles. The van der Waals surface area contributed by atoms with E-state index in [9.17, 15) is 0 Å². The van der Waals surface area contributed by atoms with E-state index in [4.69, 9.17) is 5.11 Å². The molecular weight excluding hydrogens is 156 g/mol. The third kappa shape index (κ3) is 1.17. The number of fused-ring (bicyclic) bond motifs is 1. The molecule has 1 aliphatic heterocycles. The van der Waals surface area contributed by atoms with E-state index in [1.807, 2.05) is 23.9 Å². The average Bonchev–Trinajstić information content (AvgIpc) is 2.47. The third-order valence-electron chi connectivity index (χ3n) is 2.02. The van der Waals surface area contributed by atoms with Crippen LogP contribution in [0, 0.1) is 0 Å². The van der Waals surface area contributed by atoms with Gasteiger partial charge in [0.15, 0.2) is 0 Å². The number of hydrogen-bond acceptors (Lipinski definition) is 2. The van der Waals surface area contributed by atoms with Crippen LogP contribution in [0.25, 0.3) is 0 Å². The number of aliphatic hydroxyl groups excluding tert-OH is 1. The normalized spacial score (nSPS) is 21.7. The van der Waals surface area contributed by atoms with Crippen LogP contribution in [0.5, 0.6) is 0 Å². The van der Waals surface area contributed by atoms with E-state index in [0.29, 0.717) is 5.92 Å². The molecule has 0 bridgehead atoms. The van der Waals surface area contributed by atoms with Crippen molar-refractivity contribution >= 4 is 11.8 Å². The first-order valence-electron chi connectivity index (χ1n) is 3.74. The highest BCUT2D eigenvalue weighted by atomic mass is 32.2. The summed E-state index contributed by atoms with van der Waals surface area (Å²) in [6, 6.07) is 8.31. The summed E-state index contributed by atoms with van der Waals surface area (Å²) in [5, 5.41) is 9.00. The Kier molecular flexibility index (Phi) is 1.88. The molecule has 0 unspecified atom stereocenters. The SMILES string of the molecule is OC[C@@H]1CSc2ccccc21. The first kappa shape index (κ1) is 7.19. The highest BCUT2D eigenvalue weighted by molar-refractivity contribution is 7.99. The highest BCUT2D eigenvalue weighted by Crippen LogP contribution is 2.38. The van der Waals surface area contributed by atoms with Gasteiger partial charge in [0.05, 0.1) is 6.61 Å². The lowest BCUT2D eigenvalue weighted by Gasteiger charge is -2.04. The van der Waals surface area contributed by atoms with Crippen molar-refractivity contribution in [2.45, 2.75) is 10.8 Å². The van der Waals surface area contributed by atoms with Crippen molar-refractivity contribution in [2.75, 3.05) is 12.4 Å². The summed E-state index contributed by atoms with van der Waals surface area (Å²) in [4.78, 5) is 1.34. The summed E-state index contributed by atoms with van der Waals surface area (Å²) < 4.78 is 0. The van der Waals surface area contributed by atoms with Crippen LogP contribution in [0.3, 0.4) is 0 Å². The van der Waals surface area contributed by atoms with E-state index in [1.54, 1.807) is 0 Å². The molecule has 2 heteroatoms. The van der Waals surface area contributed by atoms with Crippen LogP contribution in [0.2, 0.25) is 0 Å². The van der Waals surface area contributed by atoms with Crippen LogP contribution in [0.1, 0.15) is 11.5 Å². The topological polar surface area (TPSA) is 20.2 Å². The minimum Gasteiger partial charge on any atom is -0.396 e. The zero-order valence-corrected chi connectivity index (χ0v) is 6.97. The number of rotatable bonds is 1. The molecule has 1 nitrogen and oxygen atoms in total. The maximum Gasteiger partial charge on any atom is 0.0508 e. The Bertz CT molecular complexity index is 259. The van der Waals surface area contributed by atoms with Crippen molar-refractivity contribution < 1.29 is 5.11 Å². The van der Waals surface area contributed by atoms with E-state index in [2.05, 4.69) is 12.1 Å². The summed E-state index contributed by atoms with van der Waals surface area (Å²) in [5.74, 6) is 1.41. The minimum absolute atomic E-state index is 0.282. The fourth-order valence-electron chi connectivity index (χ4n) is 1.38. The van der Waals surface area contributed by atoms with Crippen LogP contribution in [0.15, 0.2) is 29.2 Å². The molecule has 0 fully saturated rings. The zero-order chi connectivity index (χ0) is 7.68. The molecular formula is C9H10OS. The lowest BCUT2D eigenvalue weighted by Crippen LogP contribution is -2.01. The Morgan fingerprint density at radius 3 is 3.09 bits per heavy atom. The second kappa shape index (κ2) is 2.88. The van der Waals surface area contributed by atoms with Crippen LogP contribution >= 0.6 is 11.8 Å². The van der Waals surface area contributed by atoms with Gasteiger partial charge < -0.3 is 5.11 Å². The molecule has 11 heavy (non-hydrogen) atoms. The molecule has 0 spiro atoms. The monoisotopic (exact) mass is 166 g/mol. The molecule has 0 amide bonds. The first-order chi connectivity index (χ1) is 5.42. The van der Waals surface area contributed by atoms with Gasteiger partial charge in [-0.25, -0.2) is 0 Å². The van der Waals surface area contributed by atoms with Crippen LogP contribution in [0.4, 0.5) is 0 Å². The van der Waals surface area contributed by atoms with Gasteiger partial charge in [0.25, 0.3) is 0 Å². The lowest BCUT2D eigenvalue weighted by atomic mass is 10.0. The van der Waals surface area contributed by atoms with Gasteiger partial charge in [0.2, 0.25) is 0 Å². The third-order valence-corrected chi connectivity index (χ3v) is 3.27. The molecule has 1 aromatic rings. The summed E-state index contributed by atoms with van der Waals surface area (Å²) in [7, 11) is 0. The quantitative estimate of drug-likeness (QED) is 0.687. The van der Waals surface area contributed by atoms with Gasteiger partial charge in [0.1, 0.15) is 0 Å². The van der Waals surface area contributed by atoms with E-state index in [-0.39, 0.29) is 6.61 Å². The summed E-state index contributed by atoms with van der Waals surface area (Å²) in [5.41, 5.74) is 1.32. The van der Waals surface area contributed by atoms with Crippen molar-refractivity contribution in [1.82, 2.24) is 0 Å². The van der Waals surface area contributed by atoms with Gasteiger partial charge in [-0.05, 0) is 11.6 Å². The first-order valence-corrected chi connectivity index (χ1v) is 4.73. The predicted molar refractivity (Wildman–Crippen MR) is 47.0 cm³/mol. The molecule has 2 rings (SSSR count). The summed E-state index contributed by atoms with van der Waals surface area (Å²) >= 11 is 1.84. The maximum absolute atomic E-state index is 9.00.